The molecule has 1 aromatic carbocycles. The number of sulfonamides is 1. The summed E-state index contributed by atoms with van der Waals surface area (Å²) < 4.78 is 40.6. The quantitative estimate of drug-likeness (QED) is 0.687. The Balaban J connectivity index is 2.19. The van der Waals surface area contributed by atoms with Crippen LogP contribution in [0.2, 0.25) is 0 Å². The van der Waals surface area contributed by atoms with Gasteiger partial charge in [-0.05, 0) is 43.7 Å². The van der Waals surface area contributed by atoms with Crippen LogP contribution in [0.15, 0.2) is 17.0 Å². The van der Waals surface area contributed by atoms with Crippen LogP contribution in [-0.4, -0.2) is 26.7 Å². The molecule has 1 aromatic rings. The van der Waals surface area contributed by atoms with Crippen molar-refractivity contribution in [3.8, 4) is 0 Å². The van der Waals surface area contributed by atoms with Crippen molar-refractivity contribution in [2.24, 2.45) is 5.41 Å². The summed E-state index contributed by atoms with van der Waals surface area (Å²) in [5.41, 5.74) is 5.49. The van der Waals surface area contributed by atoms with E-state index in [1.54, 1.807) is 0 Å². The average molecular weight is 302 g/mol. The number of hydrogen-bond acceptors (Lipinski definition) is 4. The molecule has 0 atom stereocenters. The first kappa shape index (κ1) is 15.2. The number of hydrogen-bond donors (Lipinski definition) is 3. The molecule has 0 heterocycles. The Hall–Kier alpha value is -1.18. The highest BCUT2D eigenvalue weighted by molar-refractivity contribution is 7.89. The monoisotopic (exact) mass is 302 g/mol. The van der Waals surface area contributed by atoms with Gasteiger partial charge in [-0.25, -0.2) is 17.5 Å². The molecule has 1 aliphatic carbocycles. The van der Waals surface area contributed by atoms with Gasteiger partial charge < -0.3 is 10.8 Å². The highest BCUT2D eigenvalue weighted by Crippen LogP contribution is 2.48. The molecule has 4 N–H and O–H groups in total. The van der Waals surface area contributed by atoms with Crippen molar-refractivity contribution in [3.63, 3.8) is 0 Å². The molecular formula is C13H19FN2O3S. The molecule has 2 rings (SSSR count). The zero-order valence-corrected chi connectivity index (χ0v) is 12.1. The summed E-state index contributed by atoms with van der Waals surface area (Å²) in [6.45, 7) is 1.70. The summed E-state index contributed by atoms with van der Waals surface area (Å²) in [4.78, 5) is -0.130. The van der Waals surface area contributed by atoms with E-state index in [-0.39, 0.29) is 34.7 Å². The summed E-state index contributed by atoms with van der Waals surface area (Å²) in [7, 11) is -3.80. The maximum atomic E-state index is 13.6. The Morgan fingerprint density at radius 2 is 2.10 bits per heavy atom. The first-order chi connectivity index (χ1) is 9.30. The summed E-state index contributed by atoms with van der Waals surface area (Å²) >= 11 is 0. The second-order valence-electron chi connectivity index (χ2n) is 5.42. The summed E-state index contributed by atoms with van der Waals surface area (Å²) in [6, 6.07) is 2.36. The van der Waals surface area contributed by atoms with Crippen LogP contribution >= 0.6 is 0 Å². The van der Waals surface area contributed by atoms with Crippen molar-refractivity contribution < 1.29 is 17.9 Å². The molecule has 0 radical (unpaired) electrons. The summed E-state index contributed by atoms with van der Waals surface area (Å²) in [5, 5.41) is 8.96. The molecule has 0 unspecified atom stereocenters. The molecule has 0 amide bonds. The topological polar surface area (TPSA) is 92.4 Å². The van der Waals surface area contributed by atoms with E-state index >= 15 is 0 Å². The Labute approximate surface area is 118 Å². The largest absolute Gasteiger partial charge is 0.399 e. The number of benzene rings is 1. The molecule has 5 nitrogen and oxygen atoms in total. The highest BCUT2D eigenvalue weighted by atomic mass is 32.2. The van der Waals surface area contributed by atoms with Gasteiger partial charge in [-0.2, -0.15) is 0 Å². The van der Waals surface area contributed by atoms with Crippen LogP contribution in [0.5, 0.6) is 0 Å². The standard InChI is InChI=1S/C13H19FN2O3S/c1-9-11(14)6-10(15)7-12(9)20(18,19)16-8-13(2-3-13)4-5-17/h6-7,16-17H,2-5,8,15H2,1H3. The zero-order chi connectivity index (χ0) is 15.0. The van der Waals surface area contributed by atoms with Gasteiger partial charge >= 0.3 is 0 Å². The van der Waals surface area contributed by atoms with Gasteiger partial charge in [0.15, 0.2) is 0 Å². The molecule has 0 aromatic heterocycles. The van der Waals surface area contributed by atoms with Gasteiger partial charge in [-0.3, -0.25) is 0 Å². The molecule has 1 fully saturated rings. The van der Waals surface area contributed by atoms with Crippen LogP contribution in [0.4, 0.5) is 10.1 Å². The molecule has 112 valence electrons. The van der Waals surface area contributed by atoms with Gasteiger partial charge in [0.1, 0.15) is 5.82 Å². The van der Waals surface area contributed by atoms with Crippen LogP contribution in [0, 0.1) is 18.2 Å². The van der Waals surface area contributed by atoms with Gasteiger partial charge in [0.2, 0.25) is 10.0 Å². The number of halogens is 1. The highest BCUT2D eigenvalue weighted by Gasteiger charge is 2.42. The van der Waals surface area contributed by atoms with Gasteiger partial charge in [-0.15, -0.1) is 0 Å². The molecule has 20 heavy (non-hydrogen) atoms. The maximum Gasteiger partial charge on any atom is 0.241 e. The van der Waals surface area contributed by atoms with Gasteiger partial charge in [0, 0.05) is 24.4 Å². The van der Waals surface area contributed by atoms with Crippen molar-refractivity contribution in [2.75, 3.05) is 18.9 Å². The third-order valence-corrected chi connectivity index (χ3v) is 5.37. The number of aliphatic hydroxyl groups excluding tert-OH is 1. The van der Waals surface area contributed by atoms with Crippen molar-refractivity contribution >= 4 is 15.7 Å². The summed E-state index contributed by atoms with van der Waals surface area (Å²) in [6.07, 6.45) is 2.35. The number of rotatable bonds is 6. The molecule has 0 saturated heterocycles. The average Bonchev–Trinajstić information content (AvgIpc) is 3.12. The van der Waals surface area contributed by atoms with Gasteiger partial charge in [-0.1, -0.05) is 0 Å². The van der Waals surface area contributed by atoms with E-state index in [4.69, 9.17) is 10.8 Å². The van der Waals surface area contributed by atoms with E-state index in [9.17, 15) is 12.8 Å². The SMILES string of the molecule is Cc1c(F)cc(N)cc1S(=O)(=O)NCC1(CCO)CC1. The van der Waals surface area contributed by atoms with Crippen LogP contribution < -0.4 is 10.5 Å². The Morgan fingerprint density at radius 1 is 1.45 bits per heavy atom. The molecule has 0 aliphatic heterocycles. The Kier molecular flexibility index (Phi) is 4.04. The van der Waals surface area contributed by atoms with Crippen molar-refractivity contribution in [1.82, 2.24) is 4.72 Å². The minimum Gasteiger partial charge on any atom is -0.399 e. The van der Waals surface area contributed by atoms with Crippen LogP contribution in [0.3, 0.4) is 0 Å². The zero-order valence-electron chi connectivity index (χ0n) is 11.3. The molecule has 0 bridgehead atoms. The fraction of sp³-hybridized carbons (Fsp3) is 0.538. The number of nitrogens with two attached hydrogens (primary N) is 1. The van der Waals surface area contributed by atoms with E-state index < -0.39 is 15.8 Å². The minimum absolute atomic E-state index is 0.0354. The van der Waals surface area contributed by atoms with Crippen molar-refractivity contribution in [3.05, 3.63) is 23.5 Å². The normalized spacial score (nSPS) is 17.1. The van der Waals surface area contributed by atoms with Crippen LogP contribution in [-0.2, 0) is 10.0 Å². The first-order valence-electron chi connectivity index (χ1n) is 6.46. The smallest absolute Gasteiger partial charge is 0.241 e. The lowest BCUT2D eigenvalue weighted by molar-refractivity contribution is 0.249. The van der Waals surface area contributed by atoms with Crippen molar-refractivity contribution in [1.29, 1.82) is 0 Å². The predicted molar refractivity (Wildman–Crippen MR) is 74.1 cm³/mol. The molecule has 1 saturated carbocycles. The lowest BCUT2D eigenvalue weighted by Gasteiger charge is -2.16. The Morgan fingerprint density at radius 3 is 2.65 bits per heavy atom. The second-order valence-corrected chi connectivity index (χ2v) is 7.16. The number of anilines is 1. The number of aliphatic hydroxyl groups is 1. The molecule has 7 heteroatoms. The van der Waals surface area contributed by atoms with E-state index in [1.807, 2.05) is 0 Å². The predicted octanol–water partition coefficient (Wildman–Crippen LogP) is 1.16. The minimum atomic E-state index is -3.80. The summed E-state index contributed by atoms with van der Waals surface area (Å²) in [5.74, 6) is -0.637. The third kappa shape index (κ3) is 3.11. The molecule has 0 spiro atoms. The van der Waals surface area contributed by atoms with E-state index in [0.717, 1.165) is 18.9 Å². The van der Waals surface area contributed by atoms with Crippen LogP contribution in [0.1, 0.15) is 24.8 Å². The van der Waals surface area contributed by atoms with E-state index in [1.165, 1.54) is 13.0 Å². The van der Waals surface area contributed by atoms with Gasteiger partial charge in [0.25, 0.3) is 0 Å². The fourth-order valence-electron chi connectivity index (χ4n) is 2.21. The Bertz CT molecular complexity index is 612. The fourth-order valence-corrected chi connectivity index (χ4v) is 3.65. The molecular weight excluding hydrogens is 283 g/mol. The maximum absolute atomic E-state index is 13.6. The molecule has 1 aliphatic rings. The third-order valence-electron chi connectivity index (χ3n) is 3.84. The van der Waals surface area contributed by atoms with Crippen LogP contribution in [0.25, 0.3) is 0 Å². The lowest BCUT2D eigenvalue weighted by Crippen LogP contribution is -2.31. The number of nitrogens with one attached hydrogen (secondary N) is 1. The van der Waals surface area contributed by atoms with E-state index in [2.05, 4.69) is 4.72 Å². The number of nitrogen functional groups attached to an aromatic ring is 1. The first-order valence-corrected chi connectivity index (χ1v) is 7.94. The lowest BCUT2D eigenvalue weighted by atomic mass is 10.0. The van der Waals surface area contributed by atoms with Crippen molar-refractivity contribution in [2.45, 2.75) is 31.1 Å². The van der Waals surface area contributed by atoms with Gasteiger partial charge in [0.05, 0.1) is 4.90 Å². The second kappa shape index (κ2) is 5.31. The van der Waals surface area contributed by atoms with E-state index in [0.29, 0.717) is 6.42 Å².